The van der Waals surface area contributed by atoms with Gasteiger partial charge in [0.25, 0.3) is 0 Å². The van der Waals surface area contributed by atoms with E-state index in [1.54, 1.807) is 103 Å². The number of benzene rings is 10. The maximum absolute atomic E-state index is 13.2. The average Bonchev–Trinajstić information content (AvgIpc) is 0.848. The first-order chi connectivity index (χ1) is 66.7. The molecule has 10 aromatic rings. The van der Waals surface area contributed by atoms with Gasteiger partial charge in [-0.3, -0.25) is 0 Å². The molecule has 772 valence electrons. The van der Waals surface area contributed by atoms with Gasteiger partial charge >= 0.3 is 0 Å². The van der Waals surface area contributed by atoms with Crippen LogP contribution in [-0.2, 0) is 25.7 Å². The second kappa shape index (κ2) is 72.8. The lowest BCUT2D eigenvalue weighted by molar-refractivity contribution is 0.164. The molecule has 0 aromatic heterocycles. The molecule has 0 saturated heterocycles. The zero-order valence-corrected chi connectivity index (χ0v) is 90.1. The zero-order valence-electron chi connectivity index (χ0n) is 82.1. The lowest BCUT2D eigenvalue weighted by atomic mass is 10.0. The summed E-state index contributed by atoms with van der Waals surface area (Å²) in [6.07, 6.45) is 12.0. The fourth-order valence-corrected chi connectivity index (χ4v) is 15.1. The van der Waals surface area contributed by atoms with Crippen molar-refractivity contribution >= 4 is 137 Å². The smallest absolute Gasteiger partial charge is 0.164 e. The predicted molar refractivity (Wildman–Crippen MR) is 582 cm³/mol. The van der Waals surface area contributed by atoms with Crippen LogP contribution < -0.4 is 0 Å². The van der Waals surface area contributed by atoms with Gasteiger partial charge in [0, 0.05) is 92.2 Å². The summed E-state index contributed by atoms with van der Waals surface area (Å²) in [6.45, 7) is 17.4. The maximum atomic E-state index is 13.2. The lowest BCUT2D eigenvalue weighted by Gasteiger charge is -2.11. The summed E-state index contributed by atoms with van der Waals surface area (Å²) < 4.78 is 82.2. The fraction of sp³-hybridized carbons (Fsp3) is 0.364. The van der Waals surface area contributed by atoms with E-state index in [-0.39, 0.29) is 40.9 Å². The van der Waals surface area contributed by atoms with E-state index in [2.05, 4.69) is 122 Å². The summed E-state index contributed by atoms with van der Waals surface area (Å²) in [5, 5.41) is 177. The minimum Gasteiger partial charge on any atom is -0.508 e. The van der Waals surface area contributed by atoms with Crippen molar-refractivity contribution in [3.63, 3.8) is 0 Å². The van der Waals surface area contributed by atoms with E-state index in [1.807, 2.05) is 45.0 Å². The van der Waals surface area contributed by atoms with Gasteiger partial charge in [0.05, 0.1) is 41.1 Å². The summed E-state index contributed by atoms with van der Waals surface area (Å²) in [5.41, 5.74) is 13.1. The van der Waals surface area contributed by atoms with Crippen molar-refractivity contribution in [3.05, 3.63) is 319 Å². The summed E-state index contributed by atoms with van der Waals surface area (Å²) in [7, 11) is 0. The van der Waals surface area contributed by atoms with Crippen LogP contribution in [0, 0.1) is 89.0 Å². The Morgan fingerprint density at radius 2 is 0.648 bits per heavy atom. The van der Waals surface area contributed by atoms with Gasteiger partial charge in [-0.1, -0.05) is 137 Å². The molecule has 6 atom stereocenters. The van der Waals surface area contributed by atoms with Gasteiger partial charge in [-0.05, 0) is 411 Å². The lowest BCUT2D eigenvalue weighted by Crippen LogP contribution is -2.02. The van der Waals surface area contributed by atoms with Crippen LogP contribution in [0.2, 0.25) is 0 Å². The number of phenols is 5. The Hall–Kier alpha value is -10.4. The van der Waals surface area contributed by atoms with Crippen LogP contribution in [0.3, 0.4) is 0 Å². The van der Waals surface area contributed by atoms with Crippen LogP contribution in [0.5, 0.6) is 28.7 Å². The fourth-order valence-electron chi connectivity index (χ4n) is 12.7. The second-order valence-electron chi connectivity index (χ2n) is 34.3. The Morgan fingerprint density at radius 3 is 1.11 bits per heavy atom. The van der Waals surface area contributed by atoms with Gasteiger partial charge in [0.15, 0.2) is 11.6 Å². The standard InChI is InChI=1S/C11H13Br2NO.C11H14BrNO.2C11H14BrN.3C11H14FNO2.3C11H14FNO/c1-7(14)3-2-4-8-5-9(12)6-10(13)11(8)15;1-8(13)3-2-4-9-7-10(14)5-6-11(9)12;1-9(13)4-2-5-10-6-3-7-11(12)8-10;1-9(13)3-2-4-10-5-7-11(12)8-6-10;1-7(13)2-5-11(15)9-6-8(14)3-4-10(9)12;1-7(13)2-5-10(14)8-3-4-9(12)11(15)6-8;1-7(13)2-3-11(15)8-4-9(12)6-10(14)5-8;1-8(13)2-7-11(14)9-3-5-10(12)6-4-9;1-8(13)5-6-11(14)9-3-2-4-10(12)7-9;1-8(13)6-7-11(14)9-4-2-3-5-10(9)12/h5-6,14-15H,2-4H2,1H3;5-7,13-14H,2-4H2,1H3;3,6-8,13H,2,4-5H2,1H3;5-8,13H,2-4H2,1H3;3-4,6,11,13-15H,2,5H2,1H3;3-4,6,10,13-15H,2,5H2,1H3;4-6,11,13-15H,2-3H2,1H3;3-6,11,13-14H,2,7H2,1H3;2-4,7,11,13-14H,5-6H2,1H3;2-5,11,13-14H,6-7H2,1H3/t;;;;11-;10-;4*11-/m....000000/s1/i12-4,13-4;3*12-4;6*12-1. The quantitative estimate of drug-likeness (QED) is 0.0126. The van der Waals surface area contributed by atoms with E-state index in [0.29, 0.717) is 160 Å². The molecule has 0 aliphatic carbocycles. The summed E-state index contributed by atoms with van der Waals surface area (Å²) in [4.78, 5) is 0. The minimum atomic E-state index is -0.975. The molecule has 10 rings (SSSR count). The third-order valence-corrected chi connectivity index (χ3v) is 23.3. The van der Waals surface area contributed by atoms with Gasteiger partial charge < -0.3 is 110 Å². The van der Waals surface area contributed by atoms with Crippen molar-refractivity contribution in [2.75, 3.05) is 0 Å². The van der Waals surface area contributed by atoms with Crippen molar-refractivity contribution < 1.29 is 82.5 Å². The zero-order chi connectivity index (χ0) is 107. The van der Waals surface area contributed by atoms with Crippen LogP contribution in [0.15, 0.2) is 229 Å². The Balaban J connectivity index is 0.000000789. The number of aliphatic hydroxyl groups is 6. The van der Waals surface area contributed by atoms with E-state index in [0.717, 1.165) is 136 Å². The molecular formula is C110H139Br5F6N10O11. The Labute approximate surface area is 874 Å². The molecular weight excluding hydrogens is 2120 g/mol. The number of phenolic OH excluding ortho intramolecular Hbond substituents is 5. The van der Waals surface area contributed by atoms with Gasteiger partial charge in [-0.2, -0.15) is 0 Å². The Morgan fingerprint density at radius 1 is 0.254 bits per heavy atom. The highest BCUT2D eigenvalue weighted by atomic mass is 75.9. The monoisotopic (exact) mass is 2260 g/mol. The van der Waals surface area contributed by atoms with Crippen molar-refractivity contribution in [1.29, 1.82) is 54.1 Å². The summed E-state index contributed by atoms with van der Waals surface area (Å²) in [6, 6.07) is 54.5. The van der Waals surface area contributed by atoms with Crippen LogP contribution in [0.25, 0.3) is 0 Å². The Kier molecular flexibility index (Phi) is 66.5. The molecule has 0 saturated carbocycles. The largest absolute Gasteiger partial charge is 0.508 e. The SMILES string of the molecule is CC(=N)CCCc1cc(O)ccc1[76Br].CC(=N)CCCc1cc([76Br])cc([76Br])c1O.CC(=N)CCCc1ccc([76Br])cc1.CC(=N)CCCc1cccc([76Br])c1.CC(=N)CC[C@H](O)c1cc(O)cc([18F])c1.CC(=N)CC[C@H](O)c1cc(O)ccc1[18F].CC(=N)CC[C@H](O)c1ccc([18F])c(O)c1.CC(=N)CC[C@H](O)c1ccc([18F])cc1.CC(=N)CC[C@H](O)c1cccc([18F])c1.CC(=N)CC[C@H](O)c1ccccc1[18F]. The molecule has 0 amide bonds. The second-order valence-corrected chi connectivity index (χ2v) is 38.7. The molecule has 0 radical (unpaired) electrons. The van der Waals surface area contributed by atoms with E-state index in [1.165, 1.54) is 77.9 Å². The number of halogens is 11. The van der Waals surface area contributed by atoms with Crippen LogP contribution in [0.4, 0.5) is 26.3 Å². The molecule has 0 aliphatic heterocycles. The number of hydrogen-bond acceptors (Lipinski definition) is 21. The van der Waals surface area contributed by atoms with Crippen molar-refractivity contribution in [2.24, 2.45) is 0 Å². The molecule has 0 fully saturated rings. The number of hydrogen-bond donors (Lipinski definition) is 21. The van der Waals surface area contributed by atoms with Crippen LogP contribution >= 0.6 is 79.6 Å². The predicted octanol–water partition coefficient (Wildman–Crippen LogP) is 30.6. The number of aliphatic hydroxyl groups excluding tert-OH is 6. The van der Waals surface area contributed by atoms with E-state index < -0.39 is 59.8 Å². The molecule has 0 bridgehead atoms. The Bertz CT molecular complexity index is 5570. The summed E-state index contributed by atoms with van der Waals surface area (Å²) in [5.74, 6) is -2.96. The first-order valence-corrected chi connectivity index (χ1v) is 50.1. The van der Waals surface area contributed by atoms with Gasteiger partial charge in [-0.15, -0.1) is 0 Å². The van der Waals surface area contributed by atoms with E-state index in [4.69, 9.17) is 69.4 Å². The highest BCUT2D eigenvalue weighted by Crippen LogP contribution is 2.34. The molecule has 0 heterocycles. The molecule has 21 N–H and O–H groups in total. The molecule has 0 spiro atoms. The highest BCUT2D eigenvalue weighted by molar-refractivity contribution is 9.11. The number of aromatic hydroxyl groups is 5. The van der Waals surface area contributed by atoms with E-state index >= 15 is 0 Å². The van der Waals surface area contributed by atoms with E-state index in [9.17, 15) is 67.2 Å². The molecule has 0 aliphatic rings. The van der Waals surface area contributed by atoms with Crippen LogP contribution in [-0.4, -0.2) is 113 Å². The third-order valence-electron chi connectivity index (χ3n) is 20.5. The minimum absolute atomic E-state index is 0.0722. The van der Waals surface area contributed by atoms with Crippen molar-refractivity contribution in [1.82, 2.24) is 0 Å². The molecule has 10 aromatic carbocycles. The number of nitrogens with one attached hydrogen (secondary N) is 10. The number of rotatable bonds is 40. The first kappa shape index (κ1) is 130. The topological polar surface area (TPSA) is 461 Å². The average molecular weight is 2270 g/mol. The van der Waals surface area contributed by atoms with Crippen molar-refractivity contribution in [3.8, 4) is 28.7 Å². The molecule has 21 nitrogen and oxygen atoms in total. The number of aryl methyl sites for hydroxylation is 4. The maximum Gasteiger partial charge on any atom is 0.164 e. The molecule has 32 heteroatoms. The molecule has 142 heavy (non-hydrogen) atoms. The highest BCUT2D eigenvalue weighted by Gasteiger charge is 2.18. The van der Waals surface area contributed by atoms with Gasteiger partial charge in [-0.25, -0.2) is 26.3 Å². The first-order valence-electron chi connectivity index (χ1n) is 46.1. The summed E-state index contributed by atoms with van der Waals surface area (Å²) >= 11 is 17.0. The normalized spacial score (nSPS) is 11.6. The van der Waals surface area contributed by atoms with Crippen molar-refractivity contribution in [2.45, 2.75) is 260 Å². The third kappa shape index (κ3) is 62.3. The van der Waals surface area contributed by atoms with Crippen LogP contribution in [0.1, 0.15) is 290 Å². The van der Waals surface area contributed by atoms with Gasteiger partial charge in [0.1, 0.15) is 52.1 Å². The van der Waals surface area contributed by atoms with Gasteiger partial charge in [0.2, 0.25) is 0 Å². The molecule has 0 unspecified atom stereocenters.